The molecule has 1 fully saturated rings. The number of carboxylic acids is 1. The number of amides is 2. The van der Waals surface area contributed by atoms with Gasteiger partial charge in [0.25, 0.3) is 11.8 Å². The second kappa shape index (κ2) is 5.07. The minimum absolute atomic E-state index is 0.0125. The average molecular weight is 307 g/mol. The molecule has 1 N–H and O–H groups in total. The van der Waals surface area contributed by atoms with Gasteiger partial charge in [0.1, 0.15) is 0 Å². The van der Waals surface area contributed by atoms with Gasteiger partial charge in [-0.15, -0.1) is 0 Å². The van der Waals surface area contributed by atoms with Crippen LogP contribution in [0.25, 0.3) is 0 Å². The van der Waals surface area contributed by atoms with E-state index in [1.165, 1.54) is 23.1 Å². The topological polar surface area (TPSA) is 91.8 Å². The van der Waals surface area contributed by atoms with Crippen molar-refractivity contribution in [2.45, 2.75) is 18.9 Å². The summed E-state index contributed by atoms with van der Waals surface area (Å²) in [6, 6.07) is 3.72. The Morgan fingerprint density at radius 2 is 1.76 bits per heavy atom. The van der Waals surface area contributed by atoms with E-state index in [1.807, 2.05) is 0 Å². The van der Waals surface area contributed by atoms with E-state index in [0.717, 1.165) is 0 Å². The van der Waals surface area contributed by atoms with Crippen molar-refractivity contribution in [2.75, 3.05) is 11.5 Å². The molecule has 0 unspecified atom stereocenters. The van der Waals surface area contributed by atoms with Gasteiger partial charge in [-0.2, -0.15) is 0 Å². The molecular weight excluding hydrogens is 294 g/mol. The first kappa shape index (κ1) is 13.9. The maximum Gasteiger partial charge on any atom is 0.335 e. The fourth-order valence-corrected chi connectivity index (χ4v) is 4.04. The zero-order chi connectivity index (χ0) is 15.1. The van der Waals surface area contributed by atoms with E-state index in [2.05, 4.69) is 0 Å². The summed E-state index contributed by atoms with van der Waals surface area (Å²) in [5.74, 6) is -0.998. The maximum atomic E-state index is 12.4. The Bertz CT molecular complexity index is 674. The van der Waals surface area contributed by atoms with Crippen molar-refractivity contribution in [2.24, 2.45) is 0 Å². The van der Waals surface area contributed by atoms with Crippen molar-refractivity contribution in [3.8, 4) is 0 Å². The Kier molecular flexibility index (Phi) is 3.36. The largest absolute Gasteiger partial charge is 0.478 e. The van der Waals surface area contributed by atoms with E-state index in [-0.39, 0.29) is 28.6 Å². The van der Waals surface area contributed by atoms with Gasteiger partial charge >= 0.3 is 5.97 Å². The quantitative estimate of drug-likeness (QED) is 0.819. The average Bonchev–Trinajstić information content (AvgIpc) is 2.72. The number of benzene rings is 1. The minimum Gasteiger partial charge on any atom is -0.478 e. The van der Waals surface area contributed by atoms with Gasteiger partial charge in [0.15, 0.2) is 0 Å². The molecule has 21 heavy (non-hydrogen) atoms. The molecule has 1 saturated heterocycles. The summed E-state index contributed by atoms with van der Waals surface area (Å²) in [5, 5.41) is 8.97. The van der Waals surface area contributed by atoms with Crippen LogP contribution in [0.1, 0.15) is 43.9 Å². The molecule has 7 heteroatoms. The lowest BCUT2D eigenvalue weighted by Crippen LogP contribution is -2.43. The standard InChI is InChI=1S/C14H13NO5S/c16-12-10-2-1-8(14(18)19)7-11(10)13(17)15(12)9-3-5-21(20)6-4-9/h1-2,7,9H,3-6H2,(H,18,19). The number of carbonyl (C=O) groups is 3. The lowest BCUT2D eigenvalue weighted by molar-refractivity contribution is 0.0574. The Morgan fingerprint density at radius 1 is 1.14 bits per heavy atom. The van der Waals surface area contributed by atoms with Crippen LogP contribution in [0.5, 0.6) is 0 Å². The van der Waals surface area contributed by atoms with E-state index >= 15 is 0 Å². The molecule has 0 bridgehead atoms. The molecule has 0 saturated carbocycles. The second-order valence-corrected chi connectivity index (χ2v) is 6.82. The number of carboxylic acid groups (broad SMARTS) is 1. The van der Waals surface area contributed by atoms with E-state index in [1.54, 1.807) is 0 Å². The normalized spacial score (nSPS) is 25.0. The Labute approximate surface area is 123 Å². The van der Waals surface area contributed by atoms with Crippen molar-refractivity contribution in [3.63, 3.8) is 0 Å². The monoisotopic (exact) mass is 307 g/mol. The first-order chi connectivity index (χ1) is 9.99. The van der Waals surface area contributed by atoms with E-state index in [9.17, 15) is 18.6 Å². The minimum atomic E-state index is -1.13. The molecule has 2 aliphatic heterocycles. The van der Waals surface area contributed by atoms with Crippen molar-refractivity contribution in [3.05, 3.63) is 34.9 Å². The molecule has 2 heterocycles. The summed E-state index contributed by atoms with van der Waals surface area (Å²) in [6.45, 7) is 0. The summed E-state index contributed by atoms with van der Waals surface area (Å²) in [6.07, 6.45) is 1.06. The lowest BCUT2D eigenvalue weighted by Gasteiger charge is -2.29. The van der Waals surface area contributed by atoms with Crippen LogP contribution in [0.3, 0.4) is 0 Å². The number of hydrogen-bond donors (Lipinski definition) is 1. The number of nitrogens with zero attached hydrogens (tertiary/aromatic N) is 1. The summed E-state index contributed by atoms with van der Waals surface area (Å²) >= 11 is 0. The van der Waals surface area contributed by atoms with Gasteiger partial charge in [-0.05, 0) is 31.0 Å². The van der Waals surface area contributed by atoms with Gasteiger partial charge in [0.05, 0.1) is 16.7 Å². The highest BCUT2D eigenvalue weighted by molar-refractivity contribution is 7.85. The molecule has 0 aromatic heterocycles. The van der Waals surface area contributed by atoms with Crippen molar-refractivity contribution >= 4 is 28.6 Å². The fraction of sp³-hybridized carbons (Fsp3) is 0.357. The van der Waals surface area contributed by atoms with Crippen molar-refractivity contribution < 1.29 is 23.7 Å². The van der Waals surface area contributed by atoms with Gasteiger partial charge in [0.2, 0.25) is 0 Å². The van der Waals surface area contributed by atoms with E-state index in [4.69, 9.17) is 5.11 Å². The number of hydrogen-bond acceptors (Lipinski definition) is 4. The fourth-order valence-electron chi connectivity index (χ4n) is 2.76. The van der Waals surface area contributed by atoms with Crippen LogP contribution in [0, 0.1) is 0 Å². The first-order valence-corrected chi connectivity index (χ1v) is 8.08. The number of fused-ring (bicyclic) bond motifs is 1. The summed E-state index contributed by atoms with van der Waals surface area (Å²) < 4.78 is 11.4. The van der Waals surface area contributed by atoms with Crippen LogP contribution in [0.4, 0.5) is 0 Å². The maximum absolute atomic E-state index is 12.4. The van der Waals surface area contributed by atoms with Crippen LogP contribution in [0.2, 0.25) is 0 Å². The summed E-state index contributed by atoms with van der Waals surface area (Å²) in [7, 11) is -0.871. The third-order valence-corrected chi connectivity index (χ3v) is 5.27. The highest BCUT2D eigenvalue weighted by Gasteiger charge is 2.41. The molecule has 1 aromatic carbocycles. The highest BCUT2D eigenvalue weighted by Crippen LogP contribution is 2.29. The molecule has 0 aliphatic carbocycles. The lowest BCUT2D eigenvalue weighted by atomic mass is 10.1. The number of imide groups is 1. The smallest absolute Gasteiger partial charge is 0.335 e. The second-order valence-electron chi connectivity index (χ2n) is 5.13. The predicted molar refractivity (Wildman–Crippen MR) is 74.8 cm³/mol. The molecule has 0 radical (unpaired) electrons. The Morgan fingerprint density at radius 3 is 2.38 bits per heavy atom. The van der Waals surface area contributed by atoms with Gasteiger partial charge in [-0.1, -0.05) is 0 Å². The third kappa shape index (κ3) is 2.27. The summed E-state index contributed by atoms with van der Waals surface area (Å²) in [5.41, 5.74) is 0.379. The molecule has 0 spiro atoms. The van der Waals surface area contributed by atoms with Gasteiger partial charge in [-0.25, -0.2) is 4.79 Å². The van der Waals surface area contributed by atoms with Crippen molar-refractivity contribution in [1.29, 1.82) is 0 Å². The molecule has 2 aliphatic rings. The highest BCUT2D eigenvalue weighted by atomic mass is 32.2. The van der Waals surface area contributed by atoms with E-state index < -0.39 is 22.7 Å². The van der Waals surface area contributed by atoms with E-state index in [0.29, 0.717) is 24.3 Å². The zero-order valence-electron chi connectivity index (χ0n) is 11.1. The van der Waals surface area contributed by atoms with Crippen LogP contribution in [-0.2, 0) is 10.8 Å². The Balaban J connectivity index is 1.93. The van der Waals surface area contributed by atoms with Crippen LogP contribution in [-0.4, -0.2) is 49.5 Å². The summed E-state index contributed by atoms with van der Waals surface area (Å²) in [4.78, 5) is 36.9. The SMILES string of the molecule is O=C(O)c1ccc2c(c1)C(=O)N(C1CCS(=O)CC1)C2=O. The molecule has 110 valence electrons. The zero-order valence-corrected chi connectivity index (χ0v) is 11.9. The van der Waals surface area contributed by atoms with Crippen LogP contribution < -0.4 is 0 Å². The molecule has 3 rings (SSSR count). The van der Waals surface area contributed by atoms with Gasteiger partial charge < -0.3 is 5.11 Å². The third-order valence-electron chi connectivity index (χ3n) is 3.89. The van der Waals surface area contributed by atoms with Crippen LogP contribution >= 0.6 is 0 Å². The van der Waals surface area contributed by atoms with Crippen molar-refractivity contribution in [1.82, 2.24) is 4.90 Å². The van der Waals surface area contributed by atoms with Gasteiger partial charge in [0, 0.05) is 28.3 Å². The molecular formula is C14H13NO5S. The Hall–Kier alpha value is -2.02. The van der Waals surface area contributed by atoms with Crippen LogP contribution in [0.15, 0.2) is 18.2 Å². The number of rotatable bonds is 2. The molecule has 2 amide bonds. The number of carbonyl (C=O) groups excluding carboxylic acids is 2. The molecule has 6 nitrogen and oxygen atoms in total. The number of aromatic carboxylic acids is 1. The predicted octanol–water partition coefficient (Wildman–Crippen LogP) is 0.892. The van der Waals surface area contributed by atoms with Gasteiger partial charge in [-0.3, -0.25) is 18.7 Å². The first-order valence-electron chi connectivity index (χ1n) is 6.59. The molecule has 1 aromatic rings. The molecule has 0 atom stereocenters.